The number of nitrogens with one attached hydrogen (secondary N) is 1. The fourth-order valence-electron chi connectivity index (χ4n) is 5.87. The Morgan fingerprint density at radius 2 is 1.70 bits per heavy atom. The molecule has 1 aromatic carbocycles. The van der Waals surface area contributed by atoms with E-state index >= 15 is 0 Å². The van der Waals surface area contributed by atoms with Gasteiger partial charge in [-0.25, -0.2) is 13.2 Å². The van der Waals surface area contributed by atoms with Gasteiger partial charge in [0.25, 0.3) is 0 Å². The lowest BCUT2D eigenvalue weighted by molar-refractivity contribution is -0.134. The first-order chi connectivity index (χ1) is 18.8. The van der Waals surface area contributed by atoms with E-state index in [0.29, 0.717) is 64.2 Å². The minimum Gasteiger partial charge on any atom is -0.444 e. The number of aromatic nitrogens is 2. The maximum atomic E-state index is 13.5. The van der Waals surface area contributed by atoms with Crippen LogP contribution in [0.5, 0.6) is 0 Å². The van der Waals surface area contributed by atoms with E-state index in [9.17, 15) is 22.8 Å². The smallest absolute Gasteiger partial charge is 0.410 e. The molecular formula is C27H38N6O6S. The van der Waals surface area contributed by atoms with Crippen molar-refractivity contribution in [2.45, 2.75) is 63.2 Å². The summed E-state index contributed by atoms with van der Waals surface area (Å²) < 4.78 is 35.8. The summed E-state index contributed by atoms with van der Waals surface area (Å²) in [5.41, 5.74) is 1.89. The number of para-hydroxylation sites is 1. The van der Waals surface area contributed by atoms with Gasteiger partial charge in [0.05, 0.1) is 28.1 Å². The number of fused-ring (bicyclic) bond motifs is 1. The number of likely N-dealkylation sites (tertiary alicyclic amines) is 1. The molecule has 1 unspecified atom stereocenters. The molecule has 3 aliphatic heterocycles. The normalized spacial score (nSPS) is 22.1. The van der Waals surface area contributed by atoms with Crippen molar-refractivity contribution >= 4 is 44.5 Å². The number of rotatable bonds is 4. The number of imide groups is 1. The summed E-state index contributed by atoms with van der Waals surface area (Å²) in [6, 6.07) is 5.86. The van der Waals surface area contributed by atoms with Gasteiger partial charge >= 0.3 is 6.09 Å². The summed E-state index contributed by atoms with van der Waals surface area (Å²) in [5.74, 6) is -1.07. The van der Waals surface area contributed by atoms with E-state index in [1.165, 1.54) is 0 Å². The Morgan fingerprint density at radius 1 is 1.02 bits per heavy atom. The van der Waals surface area contributed by atoms with Crippen molar-refractivity contribution < 1.29 is 27.5 Å². The van der Waals surface area contributed by atoms with Crippen molar-refractivity contribution in [3.05, 3.63) is 23.9 Å². The Kier molecular flexibility index (Phi) is 7.55. The summed E-state index contributed by atoms with van der Waals surface area (Å²) in [5, 5.41) is 7.43. The van der Waals surface area contributed by atoms with Crippen LogP contribution in [0.25, 0.3) is 10.9 Å². The lowest BCUT2D eigenvalue weighted by Gasteiger charge is -2.39. The van der Waals surface area contributed by atoms with E-state index in [-0.39, 0.29) is 18.2 Å². The lowest BCUT2D eigenvalue weighted by Crippen LogP contribution is -2.53. The maximum absolute atomic E-state index is 13.5. The third-order valence-electron chi connectivity index (χ3n) is 7.90. The summed E-state index contributed by atoms with van der Waals surface area (Å²) in [7, 11) is -1.67. The van der Waals surface area contributed by atoms with Gasteiger partial charge in [0.1, 0.15) is 5.60 Å². The topological polar surface area (TPSA) is 134 Å². The van der Waals surface area contributed by atoms with Crippen LogP contribution < -0.4 is 10.2 Å². The van der Waals surface area contributed by atoms with Crippen molar-refractivity contribution in [3.63, 3.8) is 0 Å². The Bertz CT molecular complexity index is 1410. The van der Waals surface area contributed by atoms with Gasteiger partial charge < -0.3 is 14.5 Å². The number of piperidine rings is 2. The van der Waals surface area contributed by atoms with Gasteiger partial charge in [-0.3, -0.25) is 19.6 Å². The van der Waals surface area contributed by atoms with Crippen LogP contribution in [0.1, 0.15) is 58.1 Å². The van der Waals surface area contributed by atoms with E-state index in [0.717, 1.165) is 16.6 Å². The SMILES string of the molecule is Cn1nc(C2CCC(=O)NC2=O)c2cccc(N3CCN(S(=O)(=O)C4CCN(C(=O)OC(C)(C)C)CC4)CC3)c21. The molecule has 0 aliphatic carbocycles. The maximum Gasteiger partial charge on any atom is 0.410 e. The number of ether oxygens (including phenoxy) is 1. The summed E-state index contributed by atoms with van der Waals surface area (Å²) in [6.45, 7) is 7.93. The molecule has 2 aromatic rings. The first-order valence-electron chi connectivity index (χ1n) is 13.9. The van der Waals surface area contributed by atoms with Crippen molar-refractivity contribution in [2.75, 3.05) is 44.2 Å². The second-order valence-corrected chi connectivity index (χ2v) is 14.0. The fourth-order valence-corrected chi connectivity index (χ4v) is 7.77. The summed E-state index contributed by atoms with van der Waals surface area (Å²) >= 11 is 0. The number of carbonyl (C=O) groups excluding carboxylic acids is 3. The number of aryl methyl sites for hydroxylation is 1. The summed E-state index contributed by atoms with van der Waals surface area (Å²) in [6.07, 6.45) is 1.08. The lowest BCUT2D eigenvalue weighted by atomic mass is 9.92. The predicted octanol–water partition coefficient (Wildman–Crippen LogP) is 1.94. The minimum absolute atomic E-state index is 0.261. The molecule has 3 amide bonds. The Hall–Kier alpha value is -3.19. The van der Waals surface area contributed by atoms with Gasteiger partial charge in [-0.2, -0.15) is 9.40 Å². The Labute approximate surface area is 234 Å². The van der Waals surface area contributed by atoms with Crippen molar-refractivity contribution in [2.24, 2.45) is 7.05 Å². The highest BCUT2D eigenvalue weighted by Gasteiger charge is 2.38. The molecule has 1 aromatic heterocycles. The van der Waals surface area contributed by atoms with E-state index in [2.05, 4.69) is 15.3 Å². The molecule has 0 bridgehead atoms. The quantitative estimate of drug-likeness (QED) is 0.548. The van der Waals surface area contributed by atoms with Gasteiger partial charge in [-0.05, 0) is 46.1 Å². The van der Waals surface area contributed by atoms with E-state index in [1.807, 2.05) is 46.0 Å². The molecule has 218 valence electrons. The second-order valence-electron chi connectivity index (χ2n) is 11.8. The Morgan fingerprint density at radius 3 is 2.33 bits per heavy atom. The highest BCUT2D eigenvalue weighted by molar-refractivity contribution is 7.89. The molecule has 3 fully saturated rings. The minimum atomic E-state index is -3.51. The third-order valence-corrected chi connectivity index (χ3v) is 10.3. The van der Waals surface area contributed by atoms with Gasteiger partial charge in [0.2, 0.25) is 21.8 Å². The van der Waals surface area contributed by atoms with Crippen LogP contribution in [-0.4, -0.2) is 95.4 Å². The molecule has 1 N–H and O–H groups in total. The van der Waals surface area contributed by atoms with Crippen LogP contribution >= 0.6 is 0 Å². The molecule has 1 atom stereocenters. The van der Waals surface area contributed by atoms with Crippen LogP contribution in [-0.2, 0) is 31.4 Å². The average molecular weight is 575 g/mol. The molecule has 40 heavy (non-hydrogen) atoms. The van der Waals surface area contributed by atoms with Crippen LogP contribution in [0, 0.1) is 0 Å². The van der Waals surface area contributed by atoms with Crippen LogP contribution in [0.15, 0.2) is 18.2 Å². The van der Waals surface area contributed by atoms with Gasteiger partial charge in [0, 0.05) is 58.1 Å². The van der Waals surface area contributed by atoms with Crippen molar-refractivity contribution in [1.82, 2.24) is 24.3 Å². The van der Waals surface area contributed by atoms with Gasteiger partial charge in [-0.15, -0.1) is 0 Å². The van der Waals surface area contributed by atoms with Crippen molar-refractivity contribution in [3.8, 4) is 0 Å². The number of hydrogen-bond donors (Lipinski definition) is 1. The first-order valence-corrected chi connectivity index (χ1v) is 15.4. The predicted molar refractivity (Wildman–Crippen MR) is 149 cm³/mol. The molecular weight excluding hydrogens is 536 g/mol. The number of benzene rings is 1. The van der Waals surface area contributed by atoms with Crippen LogP contribution in [0.2, 0.25) is 0 Å². The molecule has 12 nitrogen and oxygen atoms in total. The molecule has 0 radical (unpaired) electrons. The van der Waals surface area contributed by atoms with E-state index < -0.39 is 32.9 Å². The number of anilines is 1. The largest absolute Gasteiger partial charge is 0.444 e. The van der Waals surface area contributed by atoms with Crippen molar-refractivity contribution in [1.29, 1.82) is 0 Å². The van der Waals surface area contributed by atoms with Crippen LogP contribution in [0.4, 0.5) is 10.5 Å². The third kappa shape index (κ3) is 5.53. The monoisotopic (exact) mass is 574 g/mol. The second kappa shape index (κ2) is 10.7. The first kappa shape index (κ1) is 28.3. The molecule has 13 heteroatoms. The number of sulfonamides is 1. The fraction of sp³-hybridized carbons (Fsp3) is 0.630. The zero-order valence-corrected chi connectivity index (χ0v) is 24.4. The number of nitrogens with zero attached hydrogens (tertiary/aromatic N) is 5. The number of amides is 3. The zero-order valence-electron chi connectivity index (χ0n) is 23.6. The molecule has 0 spiro atoms. The van der Waals surface area contributed by atoms with Gasteiger partial charge in [0.15, 0.2) is 0 Å². The molecule has 3 saturated heterocycles. The molecule has 4 heterocycles. The van der Waals surface area contributed by atoms with E-state index in [1.54, 1.807) is 13.9 Å². The average Bonchev–Trinajstić information content (AvgIpc) is 3.24. The molecule has 5 rings (SSSR count). The summed E-state index contributed by atoms with van der Waals surface area (Å²) in [4.78, 5) is 40.3. The van der Waals surface area contributed by atoms with E-state index in [4.69, 9.17) is 4.74 Å². The van der Waals surface area contributed by atoms with Crippen LogP contribution in [0.3, 0.4) is 0 Å². The number of carbonyl (C=O) groups is 3. The molecule has 3 aliphatic rings. The van der Waals surface area contributed by atoms with Gasteiger partial charge in [-0.1, -0.05) is 12.1 Å². The zero-order chi connectivity index (χ0) is 28.8. The highest BCUT2D eigenvalue weighted by Crippen LogP contribution is 2.35. The standard InChI is InChI=1S/C27H38N6O6S/c1-27(2,3)39-26(36)32-12-10-18(11-13-32)40(37,38)33-16-14-31(15-17-33)21-7-5-6-19-23(29-30(4)24(19)21)20-8-9-22(34)28-25(20)35/h5-7,18,20H,8-17H2,1-4H3,(H,28,34,35). The number of hydrogen-bond acceptors (Lipinski definition) is 8. The highest BCUT2D eigenvalue weighted by atomic mass is 32.2. The molecule has 0 saturated carbocycles. The number of piperazine rings is 1. The Balaban J connectivity index is 1.25.